The van der Waals surface area contributed by atoms with Gasteiger partial charge in [-0.15, -0.1) is 0 Å². The zero-order valence-electron chi connectivity index (χ0n) is 15.6. The van der Waals surface area contributed by atoms with Crippen LogP contribution in [0.25, 0.3) is 11.3 Å². The second-order valence-corrected chi connectivity index (χ2v) is 6.97. The molecule has 6 heteroatoms. The molecule has 1 atom stereocenters. The minimum absolute atomic E-state index is 0.0933. The molecule has 0 saturated carbocycles. The van der Waals surface area contributed by atoms with Gasteiger partial charge in [0.25, 0.3) is 0 Å². The van der Waals surface area contributed by atoms with Crippen LogP contribution >= 0.6 is 0 Å². The van der Waals surface area contributed by atoms with E-state index < -0.39 is 0 Å². The van der Waals surface area contributed by atoms with Gasteiger partial charge < -0.3 is 4.74 Å². The summed E-state index contributed by atoms with van der Waals surface area (Å²) < 4.78 is 21.4. The third-order valence-corrected chi connectivity index (χ3v) is 4.88. The van der Waals surface area contributed by atoms with Crippen molar-refractivity contribution >= 4 is 0 Å². The average molecular weight is 366 g/mol. The number of rotatable bonds is 4. The van der Waals surface area contributed by atoms with Crippen LogP contribution in [0.2, 0.25) is 0 Å². The monoisotopic (exact) mass is 366 g/mol. The number of pyridine rings is 1. The molecule has 0 aliphatic carbocycles. The van der Waals surface area contributed by atoms with Crippen LogP contribution in [-0.4, -0.2) is 39.4 Å². The second kappa shape index (κ2) is 7.58. The predicted octanol–water partition coefficient (Wildman–Crippen LogP) is 3.50. The lowest BCUT2D eigenvalue weighted by Gasteiger charge is -2.32. The Hall–Kier alpha value is -2.57. The molecule has 2 aromatic heterocycles. The van der Waals surface area contributed by atoms with Crippen LogP contribution in [0.5, 0.6) is 0 Å². The van der Waals surface area contributed by atoms with Gasteiger partial charge in [-0.2, -0.15) is 5.10 Å². The Labute approximate surface area is 158 Å². The first-order chi connectivity index (χ1) is 13.1. The first-order valence-corrected chi connectivity index (χ1v) is 9.14. The molecule has 1 saturated heterocycles. The molecule has 27 heavy (non-hydrogen) atoms. The summed E-state index contributed by atoms with van der Waals surface area (Å²) in [4.78, 5) is 7.11. The molecule has 0 N–H and O–H groups in total. The highest BCUT2D eigenvalue weighted by atomic mass is 19.1. The molecule has 3 heterocycles. The van der Waals surface area contributed by atoms with Crippen LogP contribution in [0.3, 0.4) is 0 Å². The van der Waals surface area contributed by atoms with E-state index in [0.717, 1.165) is 42.3 Å². The molecule has 0 radical (unpaired) electrons. The third-order valence-electron chi connectivity index (χ3n) is 4.88. The maximum absolute atomic E-state index is 13.5. The van der Waals surface area contributed by atoms with E-state index in [4.69, 9.17) is 9.72 Å². The van der Waals surface area contributed by atoms with Gasteiger partial charge in [-0.3, -0.25) is 14.6 Å². The van der Waals surface area contributed by atoms with E-state index >= 15 is 0 Å². The molecule has 1 fully saturated rings. The van der Waals surface area contributed by atoms with Crippen molar-refractivity contribution < 1.29 is 9.13 Å². The van der Waals surface area contributed by atoms with Crippen LogP contribution in [0.4, 0.5) is 4.39 Å². The lowest BCUT2D eigenvalue weighted by atomic mass is 10.1. The Balaban J connectivity index is 1.51. The largest absolute Gasteiger partial charge is 0.369 e. The van der Waals surface area contributed by atoms with Crippen LogP contribution in [0.15, 0.2) is 48.7 Å². The van der Waals surface area contributed by atoms with Crippen molar-refractivity contribution in [1.82, 2.24) is 19.7 Å². The summed E-state index contributed by atoms with van der Waals surface area (Å²) in [5.74, 6) is -0.258. The SMILES string of the molecule is Cc1nn(C)cc1CN1CCO[C@@H](c2cccc(-c3cccc(F)c3)n2)C1. The first kappa shape index (κ1) is 17.8. The normalized spacial score (nSPS) is 18.0. The molecule has 3 aromatic rings. The third kappa shape index (κ3) is 4.07. The number of halogens is 1. The fourth-order valence-electron chi connectivity index (χ4n) is 3.51. The highest BCUT2D eigenvalue weighted by Crippen LogP contribution is 2.25. The Kier molecular flexibility index (Phi) is 5.01. The number of ether oxygens (including phenoxy) is 1. The molecular weight excluding hydrogens is 343 g/mol. The zero-order valence-corrected chi connectivity index (χ0v) is 15.6. The maximum atomic E-state index is 13.5. The number of aromatic nitrogens is 3. The number of benzene rings is 1. The predicted molar refractivity (Wildman–Crippen MR) is 102 cm³/mol. The van der Waals surface area contributed by atoms with Gasteiger partial charge >= 0.3 is 0 Å². The average Bonchev–Trinajstić information content (AvgIpc) is 2.99. The quantitative estimate of drug-likeness (QED) is 0.709. The van der Waals surface area contributed by atoms with Crippen molar-refractivity contribution in [3.8, 4) is 11.3 Å². The van der Waals surface area contributed by atoms with Crippen molar-refractivity contribution in [2.75, 3.05) is 19.7 Å². The Morgan fingerprint density at radius 2 is 2.07 bits per heavy atom. The Bertz CT molecular complexity index is 939. The van der Waals surface area contributed by atoms with Gasteiger partial charge in [0.2, 0.25) is 0 Å². The maximum Gasteiger partial charge on any atom is 0.123 e. The number of nitrogens with zero attached hydrogens (tertiary/aromatic N) is 4. The summed E-state index contributed by atoms with van der Waals surface area (Å²) in [5.41, 5.74) is 4.71. The van der Waals surface area contributed by atoms with Gasteiger partial charge in [-0.1, -0.05) is 18.2 Å². The number of aryl methyl sites for hydroxylation is 2. The van der Waals surface area contributed by atoms with Gasteiger partial charge in [0.1, 0.15) is 11.9 Å². The second-order valence-electron chi connectivity index (χ2n) is 6.97. The topological polar surface area (TPSA) is 43.2 Å². The molecule has 1 aliphatic heterocycles. The standard InChI is InChI=1S/C21H23FN4O/c1-15-17(12-25(2)24-15)13-26-9-10-27-21(14-26)20-8-4-7-19(23-20)16-5-3-6-18(22)11-16/h3-8,11-12,21H,9-10,13-14H2,1-2H3/t21-/m1/s1. The molecule has 0 unspecified atom stereocenters. The lowest BCUT2D eigenvalue weighted by molar-refractivity contribution is -0.0350. The summed E-state index contributed by atoms with van der Waals surface area (Å²) in [6, 6.07) is 12.4. The van der Waals surface area contributed by atoms with Gasteiger partial charge in [0, 0.05) is 44.0 Å². The zero-order chi connectivity index (χ0) is 18.8. The molecule has 0 amide bonds. The van der Waals surface area contributed by atoms with Gasteiger partial charge in [-0.05, 0) is 31.2 Å². The number of hydrogen-bond donors (Lipinski definition) is 0. The van der Waals surface area contributed by atoms with Gasteiger partial charge in [-0.25, -0.2) is 4.39 Å². The van der Waals surface area contributed by atoms with E-state index in [1.54, 1.807) is 6.07 Å². The summed E-state index contributed by atoms with van der Waals surface area (Å²) in [7, 11) is 1.94. The summed E-state index contributed by atoms with van der Waals surface area (Å²) in [5, 5.41) is 4.42. The summed E-state index contributed by atoms with van der Waals surface area (Å²) >= 11 is 0. The highest BCUT2D eigenvalue weighted by Gasteiger charge is 2.24. The number of morpholine rings is 1. The summed E-state index contributed by atoms with van der Waals surface area (Å²) in [6.07, 6.45) is 1.98. The summed E-state index contributed by atoms with van der Waals surface area (Å²) in [6.45, 7) is 5.21. The van der Waals surface area contributed by atoms with E-state index in [9.17, 15) is 4.39 Å². The van der Waals surface area contributed by atoms with Crippen molar-refractivity contribution in [1.29, 1.82) is 0 Å². The fourth-order valence-corrected chi connectivity index (χ4v) is 3.51. The van der Waals surface area contributed by atoms with Crippen molar-refractivity contribution in [2.45, 2.75) is 19.6 Å². The van der Waals surface area contributed by atoms with Crippen LogP contribution in [0.1, 0.15) is 23.1 Å². The molecule has 4 rings (SSSR count). The molecular formula is C21H23FN4O. The molecule has 1 aromatic carbocycles. The Morgan fingerprint density at radius 1 is 1.22 bits per heavy atom. The van der Waals surface area contributed by atoms with Crippen LogP contribution in [0, 0.1) is 12.7 Å². The van der Waals surface area contributed by atoms with Crippen molar-refractivity contribution in [2.24, 2.45) is 7.05 Å². The molecule has 1 aliphatic rings. The lowest BCUT2D eigenvalue weighted by Crippen LogP contribution is -2.38. The smallest absolute Gasteiger partial charge is 0.123 e. The van der Waals surface area contributed by atoms with Gasteiger partial charge in [0.05, 0.1) is 23.7 Å². The number of hydrogen-bond acceptors (Lipinski definition) is 4. The molecule has 5 nitrogen and oxygen atoms in total. The first-order valence-electron chi connectivity index (χ1n) is 9.14. The van der Waals surface area contributed by atoms with E-state index in [0.29, 0.717) is 6.61 Å². The molecule has 140 valence electrons. The fraction of sp³-hybridized carbons (Fsp3) is 0.333. The van der Waals surface area contributed by atoms with E-state index in [1.807, 2.05) is 42.9 Å². The van der Waals surface area contributed by atoms with Crippen molar-refractivity contribution in [3.63, 3.8) is 0 Å². The minimum Gasteiger partial charge on any atom is -0.369 e. The van der Waals surface area contributed by atoms with Crippen LogP contribution in [-0.2, 0) is 18.3 Å². The van der Waals surface area contributed by atoms with E-state index in [-0.39, 0.29) is 11.9 Å². The van der Waals surface area contributed by atoms with Crippen LogP contribution < -0.4 is 0 Å². The Morgan fingerprint density at radius 3 is 2.85 bits per heavy atom. The van der Waals surface area contributed by atoms with E-state index in [2.05, 4.69) is 16.2 Å². The van der Waals surface area contributed by atoms with Crippen molar-refractivity contribution in [3.05, 3.63) is 71.4 Å². The molecule has 0 bridgehead atoms. The highest BCUT2D eigenvalue weighted by molar-refractivity contribution is 5.59. The molecule has 0 spiro atoms. The van der Waals surface area contributed by atoms with E-state index in [1.165, 1.54) is 17.7 Å². The van der Waals surface area contributed by atoms with Gasteiger partial charge in [0.15, 0.2) is 0 Å². The minimum atomic E-state index is -0.258.